The Morgan fingerprint density at radius 1 is 1.47 bits per heavy atom. The first-order chi connectivity index (χ1) is 9.25. The second-order valence-corrected chi connectivity index (χ2v) is 5.54. The van der Waals surface area contributed by atoms with Crippen LogP contribution in [0.15, 0.2) is 17.5 Å². The monoisotopic (exact) mass is 281 g/mol. The molecular weight excluding hydrogens is 262 g/mol. The SMILES string of the molecule is O=C(CCNC(=O)c1cccs1)NC1CCCNC1. The molecule has 1 aromatic rings. The molecular formula is C13H19N3O2S. The van der Waals surface area contributed by atoms with Crippen molar-refractivity contribution < 1.29 is 9.59 Å². The van der Waals surface area contributed by atoms with Crippen LogP contribution >= 0.6 is 11.3 Å². The number of amides is 2. The molecule has 2 heterocycles. The smallest absolute Gasteiger partial charge is 0.261 e. The van der Waals surface area contributed by atoms with Gasteiger partial charge in [0.1, 0.15) is 0 Å². The predicted molar refractivity (Wildman–Crippen MR) is 75.3 cm³/mol. The van der Waals surface area contributed by atoms with Gasteiger partial charge in [-0.15, -0.1) is 11.3 Å². The maximum absolute atomic E-state index is 11.7. The summed E-state index contributed by atoms with van der Waals surface area (Å²) in [5.74, 6) is -0.109. The first-order valence-electron chi connectivity index (χ1n) is 6.57. The summed E-state index contributed by atoms with van der Waals surface area (Å²) in [6.07, 6.45) is 2.45. The fourth-order valence-corrected chi connectivity index (χ4v) is 2.70. The molecule has 0 aliphatic carbocycles. The molecule has 1 aliphatic heterocycles. The molecule has 1 aromatic heterocycles. The van der Waals surface area contributed by atoms with Crippen LogP contribution in [0.25, 0.3) is 0 Å². The van der Waals surface area contributed by atoms with Gasteiger partial charge in [0.05, 0.1) is 4.88 Å². The van der Waals surface area contributed by atoms with Crippen LogP contribution in [-0.4, -0.2) is 37.5 Å². The number of hydrogen-bond donors (Lipinski definition) is 3. The van der Waals surface area contributed by atoms with E-state index in [0.717, 1.165) is 25.9 Å². The highest BCUT2D eigenvalue weighted by atomic mass is 32.1. The number of carbonyl (C=O) groups excluding carboxylic acids is 2. The second-order valence-electron chi connectivity index (χ2n) is 4.59. The van der Waals surface area contributed by atoms with Crippen LogP contribution in [0.2, 0.25) is 0 Å². The van der Waals surface area contributed by atoms with E-state index in [9.17, 15) is 9.59 Å². The Kier molecular flexibility index (Phi) is 5.35. The molecule has 104 valence electrons. The molecule has 1 saturated heterocycles. The summed E-state index contributed by atoms with van der Waals surface area (Å²) in [6.45, 7) is 2.25. The summed E-state index contributed by atoms with van der Waals surface area (Å²) >= 11 is 1.40. The van der Waals surface area contributed by atoms with Gasteiger partial charge in [0.15, 0.2) is 0 Å². The van der Waals surface area contributed by atoms with E-state index in [1.54, 1.807) is 6.07 Å². The van der Waals surface area contributed by atoms with Crippen molar-refractivity contribution in [3.05, 3.63) is 22.4 Å². The lowest BCUT2D eigenvalue weighted by Gasteiger charge is -2.23. The van der Waals surface area contributed by atoms with E-state index >= 15 is 0 Å². The van der Waals surface area contributed by atoms with Crippen LogP contribution in [0.1, 0.15) is 28.9 Å². The summed E-state index contributed by atoms with van der Waals surface area (Å²) in [5.41, 5.74) is 0. The molecule has 5 nitrogen and oxygen atoms in total. The standard InChI is InChI=1S/C13H19N3O2S/c17-12(16-10-3-1-6-14-9-10)5-7-15-13(18)11-4-2-8-19-11/h2,4,8,10,14H,1,3,5-7,9H2,(H,15,18)(H,16,17). The second kappa shape index (κ2) is 7.25. The average molecular weight is 281 g/mol. The Morgan fingerprint density at radius 3 is 3.05 bits per heavy atom. The first kappa shape index (κ1) is 14.0. The number of carbonyl (C=O) groups is 2. The van der Waals surface area contributed by atoms with Gasteiger partial charge in [-0.25, -0.2) is 0 Å². The molecule has 3 N–H and O–H groups in total. The Morgan fingerprint density at radius 2 is 2.37 bits per heavy atom. The number of rotatable bonds is 5. The van der Waals surface area contributed by atoms with Crippen LogP contribution in [-0.2, 0) is 4.79 Å². The molecule has 0 saturated carbocycles. The summed E-state index contributed by atoms with van der Waals surface area (Å²) in [6, 6.07) is 3.84. The van der Waals surface area contributed by atoms with E-state index in [2.05, 4.69) is 16.0 Å². The highest BCUT2D eigenvalue weighted by Gasteiger charge is 2.15. The minimum atomic E-state index is -0.109. The fraction of sp³-hybridized carbons (Fsp3) is 0.538. The van der Waals surface area contributed by atoms with Crippen molar-refractivity contribution in [2.75, 3.05) is 19.6 Å². The van der Waals surface area contributed by atoms with Crippen molar-refractivity contribution in [3.8, 4) is 0 Å². The molecule has 19 heavy (non-hydrogen) atoms. The fourth-order valence-electron chi connectivity index (χ4n) is 2.06. The van der Waals surface area contributed by atoms with Crippen molar-refractivity contribution >= 4 is 23.2 Å². The molecule has 0 bridgehead atoms. The molecule has 2 rings (SSSR count). The van der Waals surface area contributed by atoms with Gasteiger partial charge in [0, 0.05) is 25.6 Å². The van der Waals surface area contributed by atoms with E-state index < -0.39 is 0 Å². The molecule has 1 unspecified atom stereocenters. The lowest BCUT2D eigenvalue weighted by atomic mass is 10.1. The van der Waals surface area contributed by atoms with Gasteiger partial charge in [0.2, 0.25) is 5.91 Å². The molecule has 0 radical (unpaired) electrons. The summed E-state index contributed by atoms with van der Waals surface area (Å²) in [7, 11) is 0. The van der Waals surface area contributed by atoms with Crippen molar-refractivity contribution in [1.82, 2.24) is 16.0 Å². The molecule has 0 spiro atoms. The maximum atomic E-state index is 11.7. The van der Waals surface area contributed by atoms with Gasteiger partial charge >= 0.3 is 0 Å². The lowest BCUT2D eigenvalue weighted by Crippen LogP contribution is -2.46. The zero-order valence-corrected chi connectivity index (χ0v) is 11.6. The lowest BCUT2D eigenvalue weighted by molar-refractivity contribution is -0.121. The number of thiophene rings is 1. The van der Waals surface area contributed by atoms with Gasteiger partial charge in [0.25, 0.3) is 5.91 Å². The Bertz CT molecular complexity index is 414. The van der Waals surface area contributed by atoms with Crippen molar-refractivity contribution in [2.45, 2.75) is 25.3 Å². The third kappa shape index (κ3) is 4.65. The van der Waals surface area contributed by atoms with Gasteiger partial charge in [-0.1, -0.05) is 6.07 Å². The Balaban J connectivity index is 1.62. The molecule has 2 amide bonds. The number of nitrogens with one attached hydrogen (secondary N) is 3. The minimum Gasteiger partial charge on any atom is -0.352 e. The zero-order chi connectivity index (χ0) is 13.5. The highest BCUT2D eigenvalue weighted by Crippen LogP contribution is 2.07. The van der Waals surface area contributed by atoms with Gasteiger partial charge in [-0.2, -0.15) is 0 Å². The van der Waals surface area contributed by atoms with E-state index in [1.807, 2.05) is 11.4 Å². The van der Waals surface area contributed by atoms with Crippen LogP contribution < -0.4 is 16.0 Å². The van der Waals surface area contributed by atoms with Crippen LogP contribution in [0.4, 0.5) is 0 Å². The van der Waals surface area contributed by atoms with Crippen LogP contribution in [0, 0.1) is 0 Å². The highest BCUT2D eigenvalue weighted by molar-refractivity contribution is 7.12. The Labute approximate surface area is 116 Å². The van der Waals surface area contributed by atoms with E-state index in [-0.39, 0.29) is 17.9 Å². The molecule has 6 heteroatoms. The molecule has 1 atom stereocenters. The normalized spacial score (nSPS) is 18.8. The third-order valence-electron chi connectivity index (χ3n) is 3.04. The van der Waals surface area contributed by atoms with E-state index in [1.165, 1.54) is 11.3 Å². The number of piperidine rings is 1. The summed E-state index contributed by atoms with van der Waals surface area (Å²) < 4.78 is 0. The predicted octanol–water partition coefficient (Wildman–Crippen LogP) is 0.736. The van der Waals surface area contributed by atoms with Crippen LogP contribution in [0.5, 0.6) is 0 Å². The van der Waals surface area contributed by atoms with Crippen molar-refractivity contribution in [2.24, 2.45) is 0 Å². The Hall–Kier alpha value is -1.40. The van der Waals surface area contributed by atoms with Crippen molar-refractivity contribution in [1.29, 1.82) is 0 Å². The zero-order valence-electron chi connectivity index (χ0n) is 10.8. The van der Waals surface area contributed by atoms with Crippen LogP contribution in [0.3, 0.4) is 0 Å². The first-order valence-corrected chi connectivity index (χ1v) is 7.45. The average Bonchev–Trinajstić information content (AvgIpc) is 2.93. The largest absolute Gasteiger partial charge is 0.352 e. The van der Waals surface area contributed by atoms with Gasteiger partial charge in [-0.05, 0) is 30.8 Å². The minimum absolute atomic E-state index is 0.000166. The topological polar surface area (TPSA) is 70.2 Å². The van der Waals surface area contributed by atoms with E-state index in [4.69, 9.17) is 0 Å². The molecule has 1 aliphatic rings. The number of hydrogen-bond acceptors (Lipinski definition) is 4. The third-order valence-corrected chi connectivity index (χ3v) is 3.91. The maximum Gasteiger partial charge on any atom is 0.261 e. The van der Waals surface area contributed by atoms with E-state index in [0.29, 0.717) is 17.8 Å². The summed E-state index contributed by atoms with van der Waals surface area (Å²) in [4.78, 5) is 24.0. The quantitative estimate of drug-likeness (QED) is 0.745. The van der Waals surface area contributed by atoms with Crippen molar-refractivity contribution in [3.63, 3.8) is 0 Å². The molecule has 1 fully saturated rings. The molecule has 0 aromatic carbocycles. The van der Waals surface area contributed by atoms with Gasteiger partial charge < -0.3 is 16.0 Å². The van der Waals surface area contributed by atoms with Gasteiger partial charge in [-0.3, -0.25) is 9.59 Å². The summed E-state index contributed by atoms with van der Waals surface area (Å²) in [5, 5.41) is 10.8.